The van der Waals surface area contributed by atoms with E-state index in [1.54, 1.807) is 4.52 Å². The van der Waals surface area contributed by atoms with Crippen LogP contribution < -0.4 is 5.73 Å². The Balaban J connectivity index is 1.99. The first-order valence-electron chi connectivity index (χ1n) is 7.92. The molecule has 0 atom stereocenters. The summed E-state index contributed by atoms with van der Waals surface area (Å²) in [5, 5.41) is 4.61. The number of nitrogens with two attached hydrogens (primary N) is 1. The van der Waals surface area contributed by atoms with Gasteiger partial charge in [0.2, 0.25) is 0 Å². The first-order chi connectivity index (χ1) is 11.0. The molecule has 3 N–H and O–H groups in total. The van der Waals surface area contributed by atoms with E-state index in [1.807, 2.05) is 19.9 Å². The highest BCUT2D eigenvalue weighted by Gasteiger charge is 2.24. The van der Waals surface area contributed by atoms with E-state index in [9.17, 15) is 4.79 Å². The lowest BCUT2D eigenvalue weighted by Gasteiger charge is -2.08. The van der Waals surface area contributed by atoms with Gasteiger partial charge in [0.15, 0.2) is 5.65 Å². The summed E-state index contributed by atoms with van der Waals surface area (Å²) in [4.78, 5) is 20.0. The molecule has 1 aliphatic carbocycles. The minimum absolute atomic E-state index is 0.385. The number of hydrogen-bond donors (Lipinski definition) is 2. The zero-order chi connectivity index (χ0) is 16.1. The number of carbonyl (C=O) groups is 1. The van der Waals surface area contributed by atoms with Gasteiger partial charge in [0.1, 0.15) is 11.3 Å². The van der Waals surface area contributed by atoms with Gasteiger partial charge in [-0.2, -0.15) is 5.10 Å². The second-order valence-electron chi connectivity index (χ2n) is 6.26. The van der Waals surface area contributed by atoms with Crippen LogP contribution in [0.25, 0.3) is 17.0 Å². The van der Waals surface area contributed by atoms with Gasteiger partial charge in [-0.15, -0.1) is 0 Å². The topological polar surface area (TPSA) is 89.1 Å². The van der Waals surface area contributed by atoms with E-state index in [1.165, 1.54) is 24.1 Å². The van der Waals surface area contributed by atoms with Crippen LogP contribution in [0.4, 0.5) is 0 Å². The molecule has 1 amide bonds. The first kappa shape index (κ1) is 14.0. The lowest BCUT2D eigenvalue weighted by molar-refractivity contribution is 0.100. The number of rotatable bonds is 2. The molecule has 0 fully saturated rings. The Morgan fingerprint density at radius 1 is 1.26 bits per heavy atom. The summed E-state index contributed by atoms with van der Waals surface area (Å²) in [5.74, 6) is -0.500. The van der Waals surface area contributed by atoms with Gasteiger partial charge in [0.05, 0.1) is 5.69 Å². The summed E-state index contributed by atoms with van der Waals surface area (Å²) in [7, 11) is 0. The second kappa shape index (κ2) is 4.94. The van der Waals surface area contributed by atoms with E-state index < -0.39 is 5.91 Å². The SMILES string of the molecule is Cc1cc(C)n2nc(-c3cc4c([nH]3)CCCC4)c(C(N)=O)c2n1. The van der Waals surface area contributed by atoms with Gasteiger partial charge in [-0.1, -0.05) is 0 Å². The van der Waals surface area contributed by atoms with Gasteiger partial charge in [-0.25, -0.2) is 9.50 Å². The number of aromatic nitrogens is 4. The monoisotopic (exact) mass is 309 g/mol. The molecule has 4 rings (SSSR count). The number of primary amides is 1. The third kappa shape index (κ3) is 2.13. The highest BCUT2D eigenvalue weighted by molar-refractivity contribution is 6.04. The van der Waals surface area contributed by atoms with Gasteiger partial charge in [-0.05, 0) is 57.2 Å². The zero-order valence-electron chi connectivity index (χ0n) is 13.3. The second-order valence-corrected chi connectivity index (χ2v) is 6.26. The number of fused-ring (bicyclic) bond motifs is 2. The van der Waals surface area contributed by atoms with Gasteiger partial charge >= 0.3 is 0 Å². The average Bonchev–Trinajstić information content (AvgIpc) is 3.07. The summed E-state index contributed by atoms with van der Waals surface area (Å²) in [6.07, 6.45) is 4.52. The van der Waals surface area contributed by atoms with E-state index >= 15 is 0 Å². The van der Waals surface area contributed by atoms with Gasteiger partial charge in [-0.3, -0.25) is 4.79 Å². The van der Waals surface area contributed by atoms with Crippen LogP contribution in [0.15, 0.2) is 12.1 Å². The maximum absolute atomic E-state index is 12.1. The third-order valence-corrected chi connectivity index (χ3v) is 4.51. The number of aryl methyl sites for hydroxylation is 4. The fourth-order valence-electron chi connectivity index (χ4n) is 3.47. The first-order valence-corrected chi connectivity index (χ1v) is 7.92. The fourth-order valence-corrected chi connectivity index (χ4v) is 3.47. The van der Waals surface area contributed by atoms with Crippen molar-refractivity contribution in [1.82, 2.24) is 19.6 Å². The quantitative estimate of drug-likeness (QED) is 0.761. The molecule has 0 aromatic carbocycles. The van der Waals surface area contributed by atoms with Gasteiger partial charge < -0.3 is 10.7 Å². The van der Waals surface area contributed by atoms with Crippen molar-refractivity contribution in [2.75, 3.05) is 0 Å². The van der Waals surface area contributed by atoms with Crippen LogP contribution in [0.1, 0.15) is 45.8 Å². The molecule has 6 nitrogen and oxygen atoms in total. The van der Waals surface area contributed by atoms with Crippen LogP contribution in [0.3, 0.4) is 0 Å². The summed E-state index contributed by atoms with van der Waals surface area (Å²) in [6.45, 7) is 3.85. The van der Waals surface area contributed by atoms with Crippen LogP contribution in [0, 0.1) is 13.8 Å². The van der Waals surface area contributed by atoms with Crippen molar-refractivity contribution in [2.24, 2.45) is 5.73 Å². The fraction of sp³-hybridized carbons (Fsp3) is 0.353. The number of amides is 1. The molecule has 118 valence electrons. The Hall–Kier alpha value is -2.63. The molecule has 0 spiro atoms. The maximum atomic E-state index is 12.1. The van der Waals surface area contributed by atoms with E-state index in [-0.39, 0.29) is 0 Å². The highest BCUT2D eigenvalue weighted by atomic mass is 16.1. The van der Waals surface area contributed by atoms with Crippen LogP contribution in [-0.4, -0.2) is 25.5 Å². The van der Waals surface area contributed by atoms with Gasteiger partial charge in [0, 0.05) is 17.1 Å². The molecular weight excluding hydrogens is 290 g/mol. The van der Waals surface area contributed by atoms with Crippen molar-refractivity contribution in [2.45, 2.75) is 39.5 Å². The summed E-state index contributed by atoms with van der Waals surface area (Å²) >= 11 is 0. The summed E-state index contributed by atoms with van der Waals surface area (Å²) < 4.78 is 1.70. The Morgan fingerprint density at radius 3 is 2.78 bits per heavy atom. The number of H-pyrrole nitrogens is 1. The molecule has 6 heteroatoms. The molecule has 3 heterocycles. The molecule has 0 radical (unpaired) electrons. The largest absolute Gasteiger partial charge is 0.365 e. The summed E-state index contributed by atoms with van der Waals surface area (Å²) in [5.41, 5.74) is 12.3. The Bertz CT molecular complexity index is 911. The lowest BCUT2D eigenvalue weighted by Crippen LogP contribution is -2.12. The van der Waals surface area contributed by atoms with Gasteiger partial charge in [0.25, 0.3) is 5.91 Å². The Morgan fingerprint density at radius 2 is 2.04 bits per heavy atom. The van der Waals surface area contributed by atoms with E-state index in [2.05, 4.69) is 21.1 Å². The van der Waals surface area contributed by atoms with E-state index in [0.29, 0.717) is 16.9 Å². The summed E-state index contributed by atoms with van der Waals surface area (Å²) in [6, 6.07) is 4.04. The van der Waals surface area contributed by atoms with E-state index in [4.69, 9.17) is 5.73 Å². The van der Waals surface area contributed by atoms with Crippen LogP contribution in [0.5, 0.6) is 0 Å². The van der Waals surface area contributed by atoms with Crippen LogP contribution in [-0.2, 0) is 12.8 Å². The minimum atomic E-state index is -0.500. The molecule has 3 aromatic rings. The van der Waals surface area contributed by atoms with Crippen LogP contribution in [0.2, 0.25) is 0 Å². The number of aromatic amines is 1. The average molecular weight is 309 g/mol. The maximum Gasteiger partial charge on any atom is 0.254 e. The molecule has 0 unspecified atom stereocenters. The van der Waals surface area contributed by atoms with Crippen molar-refractivity contribution in [3.05, 3.63) is 40.3 Å². The third-order valence-electron chi connectivity index (χ3n) is 4.51. The molecule has 0 bridgehead atoms. The molecule has 23 heavy (non-hydrogen) atoms. The molecule has 0 saturated heterocycles. The molecule has 0 aliphatic heterocycles. The number of nitrogens with one attached hydrogen (secondary N) is 1. The Kier molecular flexibility index (Phi) is 3.01. The minimum Gasteiger partial charge on any atom is -0.365 e. The normalized spacial score (nSPS) is 14.2. The molecule has 3 aromatic heterocycles. The predicted molar refractivity (Wildman–Crippen MR) is 87.4 cm³/mol. The molecule has 0 saturated carbocycles. The van der Waals surface area contributed by atoms with Crippen molar-refractivity contribution < 1.29 is 4.79 Å². The van der Waals surface area contributed by atoms with Crippen molar-refractivity contribution in [3.63, 3.8) is 0 Å². The highest BCUT2D eigenvalue weighted by Crippen LogP contribution is 2.30. The molecular formula is C17H19N5O. The molecule has 1 aliphatic rings. The number of carbonyl (C=O) groups excluding carboxylic acids is 1. The van der Waals surface area contributed by atoms with Crippen molar-refractivity contribution in [1.29, 1.82) is 0 Å². The van der Waals surface area contributed by atoms with Crippen LogP contribution >= 0.6 is 0 Å². The predicted octanol–water partition coefficient (Wildman–Crippen LogP) is 2.32. The number of hydrogen-bond acceptors (Lipinski definition) is 3. The zero-order valence-corrected chi connectivity index (χ0v) is 13.3. The standard InChI is InChI=1S/C17H19N5O/c1-9-7-10(2)22-17(19-9)14(16(18)23)15(21-22)13-8-11-5-3-4-6-12(11)20-13/h7-8,20H,3-6H2,1-2H3,(H2,18,23). The lowest BCUT2D eigenvalue weighted by atomic mass is 9.98. The smallest absolute Gasteiger partial charge is 0.254 e. The number of nitrogens with zero attached hydrogens (tertiary/aromatic N) is 3. The Labute approximate surface area is 133 Å². The van der Waals surface area contributed by atoms with Crippen molar-refractivity contribution >= 4 is 11.6 Å². The van der Waals surface area contributed by atoms with E-state index in [0.717, 1.165) is 29.9 Å². The van der Waals surface area contributed by atoms with Crippen molar-refractivity contribution in [3.8, 4) is 11.4 Å².